The molecule has 1 aliphatic heterocycles. The van der Waals surface area contributed by atoms with Crippen LogP contribution >= 0.6 is 0 Å². The fourth-order valence-corrected chi connectivity index (χ4v) is 2.80. The number of carbonyl (C=O) groups is 3. The lowest BCUT2D eigenvalue weighted by atomic mass is 10.1. The second-order valence-electron chi connectivity index (χ2n) is 6.30. The molecule has 2 aromatic carbocycles. The van der Waals surface area contributed by atoms with Gasteiger partial charge in [-0.15, -0.1) is 0 Å². The van der Waals surface area contributed by atoms with E-state index in [9.17, 15) is 14.4 Å². The van der Waals surface area contributed by atoms with Gasteiger partial charge in [-0.2, -0.15) is 0 Å². The summed E-state index contributed by atoms with van der Waals surface area (Å²) in [6.45, 7) is 2.41. The highest BCUT2D eigenvalue weighted by Crippen LogP contribution is 2.14. The Morgan fingerprint density at radius 1 is 1.00 bits per heavy atom. The Morgan fingerprint density at radius 3 is 2.39 bits per heavy atom. The number of anilines is 1. The Balaban J connectivity index is 1.55. The molecule has 0 radical (unpaired) electrons. The molecule has 0 atom stereocenters. The van der Waals surface area contributed by atoms with Crippen molar-refractivity contribution in [2.24, 2.45) is 0 Å². The molecule has 0 aromatic heterocycles. The molecule has 0 bridgehead atoms. The molecule has 3 N–H and O–H groups in total. The number of carboxylic acids is 1. The number of nitrogens with one attached hydrogen (secondary N) is 2. The number of amides is 3. The van der Waals surface area contributed by atoms with Crippen molar-refractivity contribution in [1.29, 1.82) is 0 Å². The number of ether oxygens (including phenoxy) is 1. The van der Waals surface area contributed by atoms with E-state index >= 15 is 0 Å². The Labute approximate surface area is 162 Å². The molecule has 8 heteroatoms. The maximum absolute atomic E-state index is 12.5. The molecule has 0 spiro atoms. The van der Waals surface area contributed by atoms with E-state index in [1.807, 2.05) is 0 Å². The summed E-state index contributed by atoms with van der Waals surface area (Å²) in [5.41, 5.74) is 1.98. The number of urea groups is 1. The van der Waals surface area contributed by atoms with Crippen molar-refractivity contribution < 1.29 is 24.2 Å². The topological polar surface area (TPSA) is 108 Å². The van der Waals surface area contributed by atoms with Crippen molar-refractivity contribution >= 4 is 23.6 Å². The lowest BCUT2D eigenvalue weighted by Crippen LogP contribution is -2.40. The van der Waals surface area contributed by atoms with Gasteiger partial charge in [-0.05, 0) is 35.9 Å². The van der Waals surface area contributed by atoms with Crippen molar-refractivity contribution in [3.63, 3.8) is 0 Å². The van der Waals surface area contributed by atoms with E-state index < -0.39 is 12.0 Å². The molecule has 1 aliphatic rings. The standard InChI is InChI=1S/C20H21N3O5/c24-18(23-8-10-28-11-9-23)16-2-1-3-17(12-16)22-20(27)21-13-14-4-6-15(7-5-14)19(25)26/h1-7,12H,8-11,13H2,(H,25,26)(H2,21,22,27). The van der Waals surface area contributed by atoms with Crippen LogP contribution in [0.5, 0.6) is 0 Å². The third kappa shape index (κ3) is 5.08. The number of rotatable bonds is 5. The fraction of sp³-hybridized carbons (Fsp3) is 0.250. The first-order chi connectivity index (χ1) is 13.5. The number of aromatic carboxylic acids is 1. The Morgan fingerprint density at radius 2 is 1.71 bits per heavy atom. The van der Waals surface area contributed by atoms with E-state index in [1.165, 1.54) is 12.1 Å². The van der Waals surface area contributed by atoms with Gasteiger partial charge < -0.3 is 25.4 Å². The molecule has 3 amide bonds. The van der Waals surface area contributed by atoms with Crippen molar-refractivity contribution in [3.8, 4) is 0 Å². The smallest absolute Gasteiger partial charge is 0.335 e. The highest BCUT2D eigenvalue weighted by molar-refractivity contribution is 5.97. The van der Waals surface area contributed by atoms with Crippen LogP contribution in [0.1, 0.15) is 26.3 Å². The molecule has 8 nitrogen and oxygen atoms in total. The van der Waals surface area contributed by atoms with E-state index in [0.717, 1.165) is 5.56 Å². The minimum Gasteiger partial charge on any atom is -0.478 e. The number of nitrogens with zero attached hydrogens (tertiary/aromatic N) is 1. The van der Waals surface area contributed by atoms with Crippen molar-refractivity contribution in [2.45, 2.75) is 6.54 Å². The lowest BCUT2D eigenvalue weighted by molar-refractivity contribution is 0.0303. The molecule has 0 aliphatic carbocycles. The van der Waals surface area contributed by atoms with Gasteiger partial charge in [-0.25, -0.2) is 9.59 Å². The summed E-state index contributed by atoms with van der Waals surface area (Å²) in [6, 6.07) is 12.6. The highest BCUT2D eigenvalue weighted by Gasteiger charge is 2.18. The van der Waals surface area contributed by atoms with Gasteiger partial charge in [-0.3, -0.25) is 4.79 Å². The zero-order valence-corrected chi connectivity index (χ0v) is 15.2. The van der Waals surface area contributed by atoms with Crippen LogP contribution in [-0.4, -0.2) is 54.2 Å². The van der Waals surface area contributed by atoms with Crippen LogP contribution in [0.3, 0.4) is 0 Å². The van der Waals surface area contributed by atoms with Gasteiger partial charge >= 0.3 is 12.0 Å². The molecule has 0 saturated carbocycles. The predicted molar refractivity (Wildman–Crippen MR) is 102 cm³/mol. The molecule has 146 valence electrons. The predicted octanol–water partition coefficient (Wildman–Crippen LogP) is 2.18. The maximum Gasteiger partial charge on any atom is 0.335 e. The second-order valence-corrected chi connectivity index (χ2v) is 6.30. The summed E-state index contributed by atoms with van der Waals surface area (Å²) >= 11 is 0. The van der Waals surface area contributed by atoms with Crippen LogP contribution in [0.25, 0.3) is 0 Å². The molecule has 3 rings (SSSR count). The van der Waals surface area contributed by atoms with Crippen molar-refractivity contribution in [3.05, 3.63) is 65.2 Å². The average molecular weight is 383 g/mol. The minimum atomic E-state index is -0.997. The van der Waals surface area contributed by atoms with E-state index in [4.69, 9.17) is 9.84 Å². The quantitative estimate of drug-likeness (QED) is 0.733. The summed E-state index contributed by atoms with van der Waals surface area (Å²) in [4.78, 5) is 37.2. The maximum atomic E-state index is 12.5. The molecule has 1 fully saturated rings. The Kier molecular flexibility index (Phi) is 6.23. The average Bonchev–Trinajstić information content (AvgIpc) is 2.73. The van der Waals surface area contributed by atoms with Gasteiger partial charge in [0.05, 0.1) is 18.8 Å². The summed E-state index contributed by atoms with van der Waals surface area (Å²) in [5.74, 6) is -1.09. The molecule has 2 aromatic rings. The summed E-state index contributed by atoms with van der Waals surface area (Å²) < 4.78 is 5.26. The monoisotopic (exact) mass is 383 g/mol. The van der Waals surface area contributed by atoms with E-state index in [0.29, 0.717) is 37.6 Å². The molecule has 0 unspecified atom stereocenters. The molecule has 1 heterocycles. The van der Waals surface area contributed by atoms with Crippen LogP contribution in [-0.2, 0) is 11.3 Å². The third-order valence-electron chi connectivity index (χ3n) is 4.32. The number of benzene rings is 2. The summed E-state index contributed by atoms with van der Waals surface area (Å²) in [6.07, 6.45) is 0. The zero-order valence-electron chi connectivity index (χ0n) is 15.2. The Hall–Kier alpha value is -3.39. The first-order valence-corrected chi connectivity index (χ1v) is 8.87. The van der Waals surface area contributed by atoms with E-state index in [1.54, 1.807) is 41.3 Å². The number of carbonyl (C=O) groups excluding carboxylic acids is 2. The number of hydrogen-bond acceptors (Lipinski definition) is 4. The third-order valence-corrected chi connectivity index (χ3v) is 4.32. The van der Waals surface area contributed by atoms with Crippen LogP contribution in [0.2, 0.25) is 0 Å². The van der Waals surface area contributed by atoms with Gasteiger partial charge in [0.25, 0.3) is 5.91 Å². The fourth-order valence-electron chi connectivity index (χ4n) is 2.80. The number of morpholine rings is 1. The SMILES string of the molecule is O=C(NCc1ccc(C(=O)O)cc1)Nc1cccc(C(=O)N2CCOCC2)c1. The van der Waals surface area contributed by atoms with Gasteiger partial charge in [0.1, 0.15) is 0 Å². The first-order valence-electron chi connectivity index (χ1n) is 8.87. The number of hydrogen-bond donors (Lipinski definition) is 3. The number of carboxylic acid groups (broad SMARTS) is 1. The van der Waals surface area contributed by atoms with Gasteiger partial charge in [0.2, 0.25) is 0 Å². The summed E-state index contributed by atoms with van der Waals surface area (Å²) in [5, 5.41) is 14.3. The molecular formula is C20H21N3O5. The van der Waals surface area contributed by atoms with Crippen molar-refractivity contribution in [1.82, 2.24) is 10.2 Å². The van der Waals surface area contributed by atoms with Crippen LogP contribution in [0, 0.1) is 0 Å². The van der Waals surface area contributed by atoms with Crippen LogP contribution in [0.4, 0.5) is 10.5 Å². The van der Waals surface area contributed by atoms with Gasteiger partial charge in [-0.1, -0.05) is 18.2 Å². The minimum absolute atomic E-state index is 0.0918. The van der Waals surface area contributed by atoms with Crippen LogP contribution < -0.4 is 10.6 Å². The molecular weight excluding hydrogens is 362 g/mol. The second kappa shape index (κ2) is 9.01. The van der Waals surface area contributed by atoms with Gasteiger partial charge in [0.15, 0.2) is 0 Å². The van der Waals surface area contributed by atoms with Crippen LogP contribution in [0.15, 0.2) is 48.5 Å². The lowest BCUT2D eigenvalue weighted by Gasteiger charge is -2.27. The first kappa shape index (κ1) is 19.4. The normalized spacial score (nSPS) is 13.6. The summed E-state index contributed by atoms with van der Waals surface area (Å²) in [7, 11) is 0. The molecule has 1 saturated heterocycles. The van der Waals surface area contributed by atoms with Gasteiger partial charge in [0, 0.05) is 30.9 Å². The largest absolute Gasteiger partial charge is 0.478 e. The Bertz CT molecular complexity index is 860. The van der Waals surface area contributed by atoms with E-state index in [2.05, 4.69) is 10.6 Å². The van der Waals surface area contributed by atoms with E-state index in [-0.39, 0.29) is 18.0 Å². The highest BCUT2D eigenvalue weighted by atomic mass is 16.5. The van der Waals surface area contributed by atoms with Crippen molar-refractivity contribution in [2.75, 3.05) is 31.6 Å². The molecule has 28 heavy (non-hydrogen) atoms. The zero-order chi connectivity index (χ0) is 19.9.